The summed E-state index contributed by atoms with van der Waals surface area (Å²) in [5.74, 6) is 0.214. The van der Waals surface area contributed by atoms with Crippen LogP contribution in [0, 0.1) is 12.8 Å². The number of anilines is 1. The molecular formula is C21H26N2O2. The molecule has 2 aromatic rings. The minimum Gasteiger partial charge on any atom is -0.348 e. The zero-order valence-electron chi connectivity index (χ0n) is 15.1. The Labute approximate surface area is 149 Å². The number of aryl methyl sites for hydroxylation is 1. The van der Waals surface area contributed by atoms with Crippen molar-refractivity contribution in [2.45, 2.75) is 40.2 Å². The van der Waals surface area contributed by atoms with E-state index in [2.05, 4.69) is 24.5 Å². The van der Waals surface area contributed by atoms with Crippen molar-refractivity contribution in [3.63, 3.8) is 0 Å². The van der Waals surface area contributed by atoms with Gasteiger partial charge in [0.25, 0.3) is 5.91 Å². The number of nitrogens with one attached hydrogen (secondary N) is 2. The highest BCUT2D eigenvalue weighted by molar-refractivity contribution is 6.03. The molecule has 0 saturated heterocycles. The highest BCUT2D eigenvalue weighted by Crippen LogP contribution is 2.16. The molecule has 0 saturated carbocycles. The van der Waals surface area contributed by atoms with Crippen LogP contribution >= 0.6 is 0 Å². The predicted molar refractivity (Wildman–Crippen MR) is 101 cm³/mol. The van der Waals surface area contributed by atoms with Crippen LogP contribution in [0.4, 0.5) is 5.69 Å². The molecule has 0 unspecified atom stereocenters. The van der Waals surface area contributed by atoms with Gasteiger partial charge in [-0.15, -0.1) is 0 Å². The fourth-order valence-electron chi connectivity index (χ4n) is 2.41. The summed E-state index contributed by atoms with van der Waals surface area (Å²) in [6.07, 6.45) is 1.28. The van der Waals surface area contributed by atoms with E-state index in [9.17, 15) is 9.59 Å². The van der Waals surface area contributed by atoms with Gasteiger partial charge in [0.2, 0.25) is 5.91 Å². The lowest BCUT2D eigenvalue weighted by atomic mass is 10.1. The Bertz CT molecular complexity index is 721. The van der Waals surface area contributed by atoms with E-state index in [0.29, 0.717) is 30.1 Å². The molecule has 25 heavy (non-hydrogen) atoms. The first-order valence-corrected chi connectivity index (χ1v) is 8.68. The molecule has 0 aliphatic rings. The van der Waals surface area contributed by atoms with Crippen molar-refractivity contribution in [3.8, 4) is 0 Å². The molecule has 0 spiro atoms. The van der Waals surface area contributed by atoms with Crippen LogP contribution in [0.2, 0.25) is 0 Å². The van der Waals surface area contributed by atoms with E-state index in [4.69, 9.17) is 0 Å². The van der Waals surface area contributed by atoms with Gasteiger partial charge in [-0.25, -0.2) is 0 Å². The summed E-state index contributed by atoms with van der Waals surface area (Å²) in [7, 11) is 0. The lowest BCUT2D eigenvalue weighted by Crippen LogP contribution is -2.24. The van der Waals surface area contributed by atoms with Gasteiger partial charge in [0.05, 0.1) is 11.3 Å². The van der Waals surface area contributed by atoms with E-state index in [1.165, 1.54) is 5.56 Å². The summed E-state index contributed by atoms with van der Waals surface area (Å²) < 4.78 is 0. The fourth-order valence-corrected chi connectivity index (χ4v) is 2.41. The Morgan fingerprint density at radius 2 is 1.68 bits per heavy atom. The van der Waals surface area contributed by atoms with Crippen LogP contribution in [0.3, 0.4) is 0 Å². The van der Waals surface area contributed by atoms with Crippen LogP contribution in [-0.4, -0.2) is 11.8 Å². The van der Waals surface area contributed by atoms with E-state index in [1.54, 1.807) is 18.2 Å². The van der Waals surface area contributed by atoms with E-state index in [-0.39, 0.29) is 11.8 Å². The first-order chi connectivity index (χ1) is 12.0. The number of rotatable bonds is 7. The third-order valence-electron chi connectivity index (χ3n) is 3.97. The molecule has 2 N–H and O–H groups in total. The average molecular weight is 338 g/mol. The zero-order valence-corrected chi connectivity index (χ0v) is 15.1. The molecule has 0 fully saturated rings. The van der Waals surface area contributed by atoms with Crippen molar-refractivity contribution in [1.29, 1.82) is 0 Å². The smallest absolute Gasteiger partial charge is 0.253 e. The molecule has 2 aromatic carbocycles. The third kappa shape index (κ3) is 6.07. The number of amides is 2. The SMILES string of the molecule is Cc1ccc(CNC(=O)c2ccccc2NC(=O)CCC(C)C)cc1. The minimum absolute atomic E-state index is 0.0625. The molecule has 2 rings (SSSR count). The fraction of sp³-hybridized carbons (Fsp3) is 0.333. The molecule has 0 aliphatic carbocycles. The lowest BCUT2D eigenvalue weighted by molar-refractivity contribution is -0.116. The molecule has 0 aromatic heterocycles. The van der Waals surface area contributed by atoms with Gasteiger partial charge >= 0.3 is 0 Å². The maximum Gasteiger partial charge on any atom is 0.253 e. The summed E-state index contributed by atoms with van der Waals surface area (Å²) in [5.41, 5.74) is 3.26. The Hall–Kier alpha value is -2.62. The highest BCUT2D eigenvalue weighted by Gasteiger charge is 2.13. The summed E-state index contributed by atoms with van der Waals surface area (Å²) >= 11 is 0. The van der Waals surface area contributed by atoms with Gasteiger partial charge in [-0.3, -0.25) is 9.59 Å². The Kier molecular flexibility index (Phi) is 6.75. The van der Waals surface area contributed by atoms with Gasteiger partial charge in [-0.2, -0.15) is 0 Å². The second kappa shape index (κ2) is 9.02. The van der Waals surface area contributed by atoms with Crippen molar-refractivity contribution in [3.05, 3.63) is 65.2 Å². The standard InChI is InChI=1S/C21H26N2O2/c1-15(2)8-13-20(24)23-19-7-5-4-6-18(19)21(25)22-14-17-11-9-16(3)10-12-17/h4-7,9-12,15H,8,13-14H2,1-3H3,(H,22,25)(H,23,24). The van der Waals surface area contributed by atoms with E-state index in [0.717, 1.165) is 12.0 Å². The number of hydrogen-bond donors (Lipinski definition) is 2. The third-order valence-corrected chi connectivity index (χ3v) is 3.97. The maximum absolute atomic E-state index is 12.5. The normalized spacial score (nSPS) is 10.6. The van der Waals surface area contributed by atoms with Gasteiger partial charge in [0, 0.05) is 13.0 Å². The van der Waals surface area contributed by atoms with Crippen LogP contribution in [0.1, 0.15) is 48.2 Å². The molecule has 0 radical (unpaired) electrons. The number of carbonyl (C=O) groups excluding carboxylic acids is 2. The maximum atomic E-state index is 12.5. The summed E-state index contributed by atoms with van der Waals surface area (Å²) in [6, 6.07) is 15.1. The Morgan fingerprint density at radius 3 is 2.36 bits per heavy atom. The predicted octanol–water partition coefficient (Wildman–Crippen LogP) is 4.30. The molecule has 0 bridgehead atoms. The van der Waals surface area contributed by atoms with Crippen LogP contribution < -0.4 is 10.6 Å². The first kappa shape index (κ1) is 18.7. The average Bonchev–Trinajstić information content (AvgIpc) is 2.59. The summed E-state index contributed by atoms with van der Waals surface area (Å²) in [4.78, 5) is 24.6. The van der Waals surface area contributed by atoms with E-state index in [1.807, 2.05) is 37.3 Å². The number of carbonyl (C=O) groups is 2. The molecule has 132 valence electrons. The highest BCUT2D eigenvalue weighted by atomic mass is 16.2. The molecular weight excluding hydrogens is 312 g/mol. The Balaban J connectivity index is 1.99. The number of hydrogen-bond acceptors (Lipinski definition) is 2. The largest absolute Gasteiger partial charge is 0.348 e. The molecule has 0 atom stereocenters. The monoisotopic (exact) mass is 338 g/mol. The number of para-hydroxylation sites is 1. The van der Waals surface area contributed by atoms with Crippen molar-refractivity contribution in [1.82, 2.24) is 5.32 Å². The van der Waals surface area contributed by atoms with E-state index >= 15 is 0 Å². The van der Waals surface area contributed by atoms with Gasteiger partial charge in [0.1, 0.15) is 0 Å². The molecule has 0 heterocycles. The van der Waals surface area contributed by atoms with Crippen molar-refractivity contribution < 1.29 is 9.59 Å². The van der Waals surface area contributed by atoms with Crippen LogP contribution in [0.15, 0.2) is 48.5 Å². The molecule has 2 amide bonds. The van der Waals surface area contributed by atoms with Crippen molar-refractivity contribution >= 4 is 17.5 Å². The number of benzene rings is 2. The first-order valence-electron chi connectivity index (χ1n) is 8.68. The lowest BCUT2D eigenvalue weighted by Gasteiger charge is -2.12. The summed E-state index contributed by atoms with van der Waals surface area (Å²) in [5, 5.41) is 5.76. The van der Waals surface area contributed by atoms with Gasteiger partial charge < -0.3 is 10.6 Å². The van der Waals surface area contributed by atoms with Crippen LogP contribution in [-0.2, 0) is 11.3 Å². The van der Waals surface area contributed by atoms with Gasteiger partial charge in [-0.1, -0.05) is 55.8 Å². The quantitative estimate of drug-likeness (QED) is 0.791. The topological polar surface area (TPSA) is 58.2 Å². The molecule has 4 heteroatoms. The Morgan fingerprint density at radius 1 is 1.00 bits per heavy atom. The zero-order chi connectivity index (χ0) is 18.2. The summed E-state index contributed by atoms with van der Waals surface area (Å²) in [6.45, 7) is 6.65. The van der Waals surface area contributed by atoms with Gasteiger partial charge in [0.15, 0.2) is 0 Å². The van der Waals surface area contributed by atoms with Crippen LogP contribution in [0.5, 0.6) is 0 Å². The molecule has 0 aliphatic heterocycles. The second-order valence-corrected chi connectivity index (χ2v) is 6.69. The molecule has 4 nitrogen and oxygen atoms in total. The van der Waals surface area contributed by atoms with Crippen molar-refractivity contribution in [2.24, 2.45) is 5.92 Å². The second-order valence-electron chi connectivity index (χ2n) is 6.69. The van der Waals surface area contributed by atoms with Crippen LogP contribution in [0.25, 0.3) is 0 Å². The van der Waals surface area contributed by atoms with E-state index < -0.39 is 0 Å². The van der Waals surface area contributed by atoms with Gasteiger partial charge in [-0.05, 0) is 37.0 Å². The minimum atomic E-state index is -0.194. The van der Waals surface area contributed by atoms with Crippen molar-refractivity contribution in [2.75, 3.05) is 5.32 Å².